The molecular formula is C18H20N2OS. The van der Waals surface area contributed by atoms with Crippen molar-refractivity contribution in [2.75, 3.05) is 13.1 Å². The van der Waals surface area contributed by atoms with E-state index >= 15 is 0 Å². The zero-order chi connectivity index (χ0) is 14.9. The van der Waals surface area contributed by atoms with Crippen LogP contribution in [0.5, 0.6) is 0 Å². The van der Waals surface area contributed by atoms with Crippen LogP contribution in [-0.2, 0) is 12.8 Å². The number of hydrogen-bond donors (Lipinski definition) is 0. The Hall–Kier alpha value is -1.68. The van der Waals surface area contributed by atoms with E-state index in [1.807, 2.05) is 22.5 Å². The van der Waals surface area contributed by atoms with Crippen LogP contribution in [0.3, 0.4) is 0 Å². The predicted molar refractivity (Wildman–Crippen MR) is 88.5 cm³/mol. The first-order valence-corrected chi connectivity index (χ1v) is 9.00. The smallest absolute Gasteiger partial charge is 0.253 e. The largest absolute Gasteiger partial charge is 0.338 e. The van der Waals surface area contributed by atoms with Crippen molar-refractivity contribution in [3.8, 4) is 0 Å². The van der Waals surface area contributed by atoms with Crippen LogP contribution >= 0.6 is 11.3 Å². The van der Waals surface area contributed by atoms with Crippen molar-refractivity contribution in [2.45, 2.75) is 38.0 Å². The number of carbonyl (C=O) groups excluding carboxylic acids is 1. The summed E-state index contributed by atoms with van der Waals surface area (Å²) >= 11 is 1.71. The Kier molecular flexibility index (Phi) is 3.70. The zero-order valence-electron chi connectivity index (χ0n) is 12.6. The van der Waals surface area contributed by atoms with Gasteiger partial charge < -0.3 is 4.90 Å². The van der Waals surface area contributed by atoms with Gasteiger partial charge >= 0.3 is 0 Å². The highest BCUT2D eigenvalue weighted by atomic mass is 32.1. The van der Waals surface area contributed by atoms with Gasteiger partial charge in [-0.05, 0) is 55.4 Å². The number of piperidine rings is 1. The van der Waals surface area contributed by atoms with Gasteiger partial charge in [0.15, 0.2) is 0 Å². The molecule has 0 spiro atoms. The maximum atomic E-state index is 12.8. The first-order valence-electron chi connectivity index (χ1n) is 8.12. The van der Waals surface area contributed by atoms with Gasteiger partial charge in [0.1, 0.15) is 0 Å². The van der Waals surface area contributed by atoms with Crippen molar-refractivity contribution in [2.24, 2.45) is 0 Å². The second kappa shape index (κ2) is 5.84. The average Bonchev–Trinajstić information content (AvgIpc) is 3.25. The number of aromatic nitrogens is 1. The fraction of sp³-hybridized carbons (Fsp3) is 0.444. The van der Waals surface area contributed by atoms with E-state index in [1.54, 1.807) is 11.3 Å². The maximum Gasteiger partial charge on any atom is 0.253 e. The molecule has 2 aromatic rings. The molecule has 2 heterocycles. The molecule has 1 unspecified atom stereocenters. The zero-order valence-corrected chi connectivity index (χ0v) is 13.4. The third-order valence-electron chi connectivity index (χ3n) is 4.85. The lowest BCUT2D eigenvalue weighted by Crippen LogP contribution is -2.39. The van der Waals surface area contributed by atoms with Crippen molar-refractivity contribution >= 4 is 17.2 Å². The third-order valence-corrected chi connectivity index (χ3v) is 5.79. The van der Waals surface area contributed by atoms with Gasteiger partial charge in [-0.25, -0.2) is 4.98 Å². The Bertz CT molecular complexity index is 680. The van der Waals surface area contributed by atoms with Crippen molar-refractivity contribution in [3.63, 3.8) is 0 Å². The number of fused-ring (bicyclic) bond motifs is 1. The van der Waals surface area contributed by atoms with Crippen molar-refractivity contribution in [1.82, 2.24) is 9.88 Å². The molecule has 2 aliphatic rings. The summed E-state index contributed by atoms with van der Waals surface area (Å²) in [6.07, 6.45) is 7.59. The molecule has 0 saturated carbocycles. The van der Waals surface area contributed by atoms with Crippen LogP contribution in [0.15, 0.2) is 29.8 Å². The number of rotatable bonds is 2. The van der Waals surface area contributed by atoms with E-state index in [0.29, 0.717) is 5.92 Å². The summed E-state index contributed by atoms with van der Waals surface area (Å²) in [5.41, 5.74) is 3.66. The Balaban J connectivity index is 1.52. The van der Waals surface area contributed by atoms with Crippen LogP contribution in [0.4, 0.5) is 0 Å². The topological polar surface area (TPSA) is 33.2 Å². The molecule has 22 heavy (non-hydrogen) atoms. The van der Waals surface area contributed by atoms with E-state index in [1.165, 1.54) is 29.0 Å². The Morgan fingerprint density at radius 2 is 2.14 bits per heavy atom. The van der Waals surface area contributed by atoms with E-state index in [2.05, 4.69) is 17.1 Å². The fourth-order valence-electron chi connectivity index (χ4n) is 3.69. The molecule has 114 valence electrons. The molecule has 1 aliphatic carbocycles. The summed E-state index contributed by atoms with van der Waals surface area (Å²) in [6, 6.07) is 6.29. The van der Waals surface area contributed by atoms with Gasteiger partial charge in [-0.3, -0.25) is 4.79 Å². The van der Waals surface area contributed by atoms with Crippen LogP contribution in [0, 0.1) is 0 Å². The van der Waals surface area contributed by atoms with Crippen LogP contribution in [0.1, 0.15) is 51.7 Å². The molecule has 4 heteroatoms. The summed E-state index contributed by atoms with van der Waals surface area (Å²) in [4.78, 5) is 19.3. The standard InChI is InChI=1S/C18H20N2OS/c21-18(15-7-6-13-3-1-4-14(13)11-15)20-9-2-5-16(12-20)17-19-8-10-22-17/h6-8,10-11,16H,1-5,9,12H2. The van der Waals surface area contributed by atoms with Gasteiger partial charge in [-0.2, -0.15) is 0 Å². The van der Waals surface area contributed by atoms with Gasteiger partial charge in [-0.15, -0.1) is 11.3 Å². The lowest BCUT2D eigenvalue weighted by molar-refractivity contribution is 0.0707. The Morgan fingerprint density at radius 1 is 1.23 bits per heavy atom. The molecule has 0 radical (unpaired) electrons. The number of aryl methyl sites for hydroxylation is 2. The van der Waals surface area contributed by atoms with E-state index in [4.69, 9.17) is 0 Å². The third kappa shape index (κ3) is 2.56. The molecule has 1 atom stereocenters. The van der Waals surface area contributed by atoms with Gasteiger partial charge in [-0.1, -0.05) is 6.07 Å². The quantitative estimate of drug-likeness (QED) is 0.848. The molecule has 3 nitrogen and oxygen atoms in total. The lowest BCUT2D eigenvalue weighted by atomic mass is 9.97. The number of nitrogens with zero attached hydrogens (tertiary/aromatic N) is 2. The molecule has 1 aromatic heterocycles. The molecule has 1 amide bonds. The number of likely N-dealkylation sites (tertiary alicyclic amines) is 1. The lowest BCUT2D eigenvalue weighted by Gasteiger charge is -2.32. The summed E-state index contributed by atoms with van der Waals surface area (Å²) in [5.74, 6) is 0.600. The maximum absolute atomic E-state index is 12.8. The fourth-order valence-corrected chi connectivity index (χ4v) is 4.45. The van der Waals surface area contributed by atoms with Crippen molar-refractivity contribution < 1.29 is 4.79 Å². The monoisotopic (exact) mass is 312 g/mol. The summed E-state index contributed by atoms with van der Waals surface area (Å²) in [6.45, 7) is 1.68. The molecule has 0 N–H and O–H groups in total. The summed E-state index contributed by atoms with van der Waals surface area (Å²) < 4.78 is 0. The molecule has 1 saturated heterocycles. The van der Waals surface area contributed by atoms with Crippen LogP contribution in [-0.4, -0.2) is 28.9 Å². The normalized spacial score (nSPS) is 20.9. The highest BCUT2D eigenvalue weighted by molar-refractivity contribution is 7.09. The first kappa shape index (κ1) is 13.9. The molecule has 0 bridgehead atoms. The van der Waals surface area contributed by atoms with E-state index in [0.717, 1.165) is 37.9 Å². The second-order valence-electron chi connectivity index (χ2n) is 6.30. The van der Waals surface area contributed by atoms with E-state index < -0.39 is 0 Å². The Morgan fingerprint density at radius 3 is 3.00 bits per heavy atom. The highest BCUT2D eigenvalue weighted by Gasteiger charge is 2.27. The predicted octanol–water partition coefficient (Wildman–Crippen LogP) is 3.65. The van der Waals surface area contributed by atoms with Crippen molar-refractivity contribution in [3.05, 3.63) is 51.5 Å². The van der Waals surface area contributed by atoms with E-state index in [9.17, 15) is 4.79 Å². The van der Waals surface area contributed by atoms with Crippen LogP contribution in [0.2, 0.25) is 0 Å². The van der Waals surface area contributed by atoms with Crippen LogP contribution < -0.4 is 0 Å². The molecule has 1 aliphatic heterocycles. The first-order chi connectivity index (χ1) is 10.8. The van der Waals surface area contributed by atoms with Gasteiger partial charge in [0.25, 0.3) is 5.91 Å². The summed E-state index contributed by atoms with van der Waals surface area (Å²) in [7, 11) is 0. The average molecular weight is 312 g/mol. The molecule has 1 fully saturated rings. The Labute approximate surface area is 135 Å². The van der Waals surface area contributed by atoms with Gasteiger partial charge in [0, 0.05) is 36.1 Å². The minimum Gasteiger partial charge on any atom is -0.338 e. The minimum absolute atomic E-state index is 0.191. The molecule has 1 aromatic carbocycles. The SMILES string of the molecule is O=C(c1ccc2c(c1)CCC2)N1CCCC(c2nccs2)C1. The number of amides is 1. The molecular weight excluding hydrogens is 292 g/mol. The van der Waals surface area contributed by atoms with Crippen molar-refractivity contribution in [1.29, 1.82) is 0 Å². The number of carbonyl (C=O) groups is 1. The number of thiazole rings is 1. The van der Waals surface area contributed by atoms with Gasteiger partial charge in [0.2, 0.25) is 0 Å². The minimum atomic E-state index is 0.191. The number of hydrogen-bond acceptors (Lipinski definition) is 3. The molecule has 4 rings (SSSR count). The highest BCUT2D eigenvalue weighted by Crippen LogP contribution is 2.29. The van der Waals surface area contributed by atoms with E-state index in [-0.39, 0.29) is 5.91 Å². The summed E-state index contributed by atoms with van der Waals surface area (Å²) in [5, 5.41) is 3.20. The second-order valence-corrected chi connectivity index (χ2v) is 7.22. The number of benzene rings is 1. The van der Waals surface area contributed by atoms with Crippen LogP contribution in [0.25, 0.3) is 0 Å². The van der Waals surface area contributed by atoms with Gasteiger partial charge in [0.05, 0.1) is 5.01 Å².